The van der Waals surface area contributed by atoms with E-state index in [0.29, 0.717) is 18.6 Å². The number of hydrogen-bond acceptors (Lipinski definition) is 3. The van der Waals surface area contributed by atoms with Crippen LogP contribution in [0.15, 0.2) is 71.9 Å². The second-order valence-electron chi connectivity index (χ2n) is 8.21. The average molecular weight is 417 g/mol. The van der Waals surface area contributed by atoms with Gasteiger partial charge in [-0.05, 0) is 30.9 Å². The van der Waals surface area contributed by atoms with Crippen molar-refractivity contribution < 1.29 is 0 Å². The van der Waals surface area contributed by atoms with Gasteiger partial charge >= 0.3 is 0 Å². The number of guanidine groups is 1. The summed E-state index contributed by atoms with van der Waals surface area (Å²) in [6.45, 7) is 5.03. The molecule has 1 aromatic heterocycles. The first-order valence-corrected chi connectivity index (χ1v) is 11.1. The second kappa shape index (κ2) is 10.3. The van der Waals surface area contributed by atoms with E-state index in [1.54, 1.807) is 0 Å². The standard InChI is InChI=1S/C25H32N6/c1-19-15-22(13-14-31(19)18-20-9-5-3-6-10-20)29-25(26-2)28-17-24-27-16-23(30-24)21-11-7-4-8-12-21/h3-12,16,19,22H,13-15,17-18H2,1-2H3,(H,27,30)(H2,26,28,29). The van der Waals surface area contributed by atoms with Crippen molar-refractivity contribution in [1.29, 1.82) is 0 Å². The number of aliphatic imine (C=N–C) groups is 1. The Bertz CT molecular complexity index is 966. The maximum absolute atomic E-state index is 4.50. The van der Waals surface area contributed by atoms with Crippen molar-refractivity contribution in [2.45, 2.75) is 44.9 Å². The molecule has 0 radical (unpaired) electrons. The van der Waals surface area contributed by atoms with Gasteiger partial charge in [0, 0.05) is 32.2 Å². The van der Waals surface area contributed by atoms with E-state index in [0.717, 1.165) is 49.0 Å². The maximum atomic E-state index is 4.50. The highest BCUT2D eigenvalue weighted by Gasteiger charge is 2.26. The Kier molecular flexibility index (Phi) is 6.99. The molecule has 0 bridgehead atoms. The number of likely N-dealkylation sites (tertiary alicyclic amines) is 1. The smallest absolute Gasteiger partial charge is 0.191 e. The van der Waals surface area contributed by atoms with E-state index in [-0.39, 0.29) is 0 Å². The van der Waals surface area contributed by atoms with Gasteiger partial charge in [0.25, 0.3) is 0 Å². The molecule has 2 atom stereocenters. The van der Waals surface area contributed by atoms with E-state index < -0.39 is 0 Å². The molecule has 3 aromatic rings. The topological polar surface area (TPSA) is 68.3 Å². The van der Waals surface area contributed by atoms with Gasteiger partial charge in [-0.15, -0.1) is 0 Å². The summed E-state index contributed by atoms with van der Waals surface area (Å²) >= 11 is 0. The Hall–Kier alpha value is -3.12. The van der Waals surface area contributed by atoms with Crippen LogP contribution < -0.4 is 10.6 Å². The van der Waals surface area contributed by atoms with Crippen LogP contribution in [0.3, 0.4) is 0 Å². The summed E-state index contributed by atoms with van der Waals surface area (Å²) in [5, 5.41) is 6.99. The molecule has 1 fully saturated rings. The monoisotopic (exact) mass is 416 g/mol. The zero-order chi connectivity index (χ0) is 21.5. The molecule has 1 saturated heterocycles. The number of aromatic amines is 1. The van der Waals surface area contributed by atoms with Crippen LogP contribution in [-0.4, -0.2) is 46.5 Å². The first kappa shape index (κ1) is 21.1. The predicted octanol–water partition coefficient (Wildman–Crippen LogP) is 3.79. The van der Waals surface area contributed by atoms with Crippen molar-refractivity contribution in [3.63, 3.8) is 0 Å². The SMILES string of the molecule is CN=C(NCc1ncc(-c2ccccc2)[nH]1)NC1CCN(Cc2ccccc2)C(C)C1. The molecule has 0 saturated carbocycles. The van der Waals surface area contributed by atoms with Crippen LogP contribution in [-0.2, 0) is 13.1 Å². The zero-order valence-electron chi connectivity index (χ0n) is 18.4. The van der Waals surface area contributed by atoms with Crippen LogP contribution in [0.4, 0.5) is 0 Å². The number of imidazole rings is 1. The Morgan fingerprint density at radius 3 is 2.58 bits per heavy atom. The summed E-state index contributed by atoms with van der Waals surface area (Å²) in [6, 6.07) is 21.9. The summed E-state index contributed by atoms with van der Waals surface area (Å²) in [5.74, 6) is 1.72. The Morgan fingerprint density at radius 2 is 1.87 bits per heavy atom. The van der Waals surface area contributed by atoms with Crippen molar-refractivity contribution in [3.8, 4) is 11.3 Å². The van der Waals surface area contributed by atoms with Gasteiger partial charge in [-0.2, -0.15) is 0 Å². The third kappa shape index (κ3) is 5.73. The zero-order valence-corrected chi connectivity index (χ0v) is 18.4. The van der Waals surface area contributed by atoms with Gasteiger partial charge < -0.3 is 15.6 Å². The highest BCUT2D eigenvalue weighted by molar-refractivity contribution is 5.79. The summed E-state index contributed by atoms with van der Waals surface area (Å²) in [5.41, 5.74) is 3.55. The molecule has 2 heterocycles. The minimum Gasteiger partial charge on any atom is -0.354 e. The number of aromatic nitrogens is 2. The average Bonchev–Trinajstić information content (AvgIpc) is 3.29. The lowest BCUT2D eigenvalue weighted by Crippen LogP contribution is -2.51. The fourth-order valence-electron chi connectivity index (χ4n) is 4.18. The van der Waals surface area contributed by atoms with E-state index >= 15 is 0 Å². The van der Waals surface area contributed by atoms with Crippen LogP contribution in [0.5, 0.6) is 0 Å². The predicted molar refractivity (Wildman–Crippen MR) is 127 cm³/mol. The normalized spacial score (nSPS) is 19.9. The molecule has 162 valence electrons. The fourth-order valence-corrected chi connectivity index (χ4v) is 4.18. The van der Waals surface area contributed by atoms with Gasteiger partial charge in [-0.3, -0.25) is 9.89 Å². The van der Waals surface area contributed by atoms with E-state index in [1.807, 2.05) is 31.4 Å². The number of rotatable bonds is 6. The van der Waals surface area contributed by atoms with Crippen molar-refractivity contribution in [1.82, 2.24) is 25.5 Å². The molecule has 4 rings (SSSR count). The lowest BCUT2D eigenvalue weighted by Gasteiger charge is -2.38. The van der Waals surface area contributed by atoms with Gasteiger partial charge in [-0.25, -0.2) is 4.98 Å². The number of H-pyrrole nitrogens is 1. The van der Waals surface area contributed by atoms with Gasteiger partial charge in [0.2, 0.25) is 0 Å². The van der Waals surface area contributed by atoms with E-state index in [9.17, 15) is 0 Å². The number of hydrogen-bond donors (Lipinski definition) is 3. The molecule has 2 unspecified atom stereocenters. The van der Waals surface area contributed by atoms with Crippen molar-refractivity contribution in [2.24, 2.45) is 4.99 Å². The third-order valence-corrected chi connectivity index (χ3v) is 5.94. The van der Waals surface area contributed by atoms with Crippen LogP contribution in [0.25, 0.3) is 11.3 Å². The molecule has 31 heavy (non-hydrogen) atoms. The first-order valence-electron chi connectivity index (χ1n) is 11.1. The van der Waals surface area contributed by atoms with Gasteiger partial charge in [0.15, 0.2) is 5.96 Å². The minimum atomic E-state index is 0.421. The number of nitrogens with zero attached hydrogens (tertiary/aromatic N) is 3. The van der Waals surface area contributed by atoms with Crippen LogP contribution >= 0.6 is 0 Å². The molecular formula is C25H32N6. The van der Waals surface area contributed by atoms with E-state index in [1.165, 1.54) is 5.56 Å². The lowest BCUT2D eigenvalue weighted by molar-refractivity contribution is 0.134. The fraction of sp³-hybridized carbons (Fsp3) is 0.360. The first-order chi connectivity index (χ1) is 15.2. The highest BCUT2D eigenvalue weighted by atomic mass is 15.2. The van der Waals surface area contributed by atoms with E-state index in [2.05, 4.69) is 79.9 Å². The molecule has 2 aromatic carbocycles. The molecule has 1 aliphatic rings. The molecule has 1 aliphatic heterocycles. The van der Waals surface area contributed by atoms with Gasteiger partial charge in [0.1, 0.15) is 5.82 Å². The van der Waals surface area contributed by atoms with Gasteiger partial charge in [0.05, 0.1) is 18.4 Å². The Labute approximate surface area is 184 Å². The second-order valence-corrected chi connectivity index (χ2v) is 8.21. The molecular weight excluding hydrogens is 384 g/mol. The lowest BCUT2D eigenvalue weighted by atomic mass is 9.97. The Morgan fingerprint density at radius 1 is 1.13 bits per heavy atom. The number of nitrogens with one attached hydrogen (secondary N) is 3. The molecule has 0 amide bonds. The molecule has 6 nitrogen and oxygen atoms in total. The van der Waals surface area contributed by atoms with Crippen molar-refractivity contribution in [2.75, 3.05) is 13.6 Å². The maximum Gasteiger partial charge on any atom is 0.191 e. The molecule has 6 heteroatoms. The van der Waals surface area contributed by atoms with Crippen LogP contribution in [0.2, 0.25) is 0 Å². The summed E-state index contributed by atoms with van der Waals surface area (Å²) < 4.78 is 0. The van der Waals surface area contributed by atoms with E-state index in [4.69, 9.17) is 0 Å². The summed E-state index contributed by atoms with van der Waals surface area (Å²) in [6.07, 6.45) is 4.09. The van der Waals surface area contributed by atoms with Crippen LogP contribution in [0, 0.1) is 0 Å². The summed E-state index contributed by atoms with van der Waals surface area (Å²) in [4.78, 5) is 14.9. The quantitative estimate of drug-likeness (QED) is 0.422. The van der Waals surface area contributed by atoms with Crippen LogP contribution in [0.1, 0.15) is 31.2 Å². The summed E-state index contributed by atoms with van der Waals surface area (Å²) in [7, 11) is 1.82. The molecule has 0 spiro atoms. The highest BCUT2D eigenvalue weighted by Crippen LogP contribution is 2.20. The Balaban J connectivity index is 1.26. The number of benzene rings is 2. The van der Waals surface area contributed by atoms with Gasteiger partial charge in [-0.1, -0.05) is 60.7 Å². The molecule has 3 N–H and O–H groups in total. The molecule has 0 aliphatic carbocycles. The largest absolute Gasteiger partial charge is 0.354 e. The van der Waals surface area contributed by atoms with Crippen molar-refractivity contribution >= 4 is 5.96 Å². The van der Waals surface area contributed by atoms with Crippen molar-refractivity contribution in [3.05, 3.63) is 78.2 Å². The third-order valence-electron chi connectivity index (χ3n) is 5.94. The minimum absolute atomic E-state index is 0.421. The number of piperidine rings is 1.